The fraction of sp³-hybridized carbons (Fsp3) is 0.600. The number of methoxy groups -OCH3 is 2. The second-order valence-electron chi connectivity index (χ2n) is 6.95. The number of carbonyl (C=O) groups is 2. The van der Waals surface area contributed by atoms with Crippen molar-refractivity contribution in [3.8, 4) is 11.5 Å². The summed E-state index contributed by atoms with van der Waals surface area (Å²) in [5.41, 5.74) is 0.670. The Hall–Kier alpha value is -2.32. The van der Waals surface area contributed by atoms with Crippen molar-refractivity contribution >= 4 is 17.5 Å². The predicted octanol–water partition coefficient (Wildman–Crippen LogP) is 1.81. The highest BCUT2D eigenvalue weighted by molar-refractivity contribution is 5.92. The van der Waals surface area contributed by atoms with E-state index in [1.54, 1.807) is 37.3 Å². The van der Waals surface area contributed by atoms with Crippen LogP contribution in [0.2, 0.25) is 0 Å². The van der Waals surface area contributed by atoms with Crippen LogP contribution >= 0.6 is 0 Å². The molecule has 2 amide bonds. The number of rotatable bonds is 6. The Kier molecular flexibility index (Phi) is 6.41. The fourth-order valence-electron chi connectivity index (χ4n) is 3.71. The van der Waals surface area contributed by atoms with Crippen LogP contribution in [-0.2, 0) is 19.1 Å². The first kappa shape index (κ1) is 20.4. The number of hydrogen-bond acceptors (Lipinski definition) is 6. The minimum Gasteiger partial charge on any atom is -0.493 e. The van der Waals surface area contributed by atoms with Crippen molar-refractivity contribution in [3.05, 3.63) is 18.2 Å². The lowest BCUT2D eigenvalue weighted by atomic mass is 10.0. The zero-order valence-corrected chi connectivity index (χ0v) is 16.7. The third-order valence-electron chi connectivity index (χ3n) is 5.30. The van der Waals surface area contributed by atoms with E-state index in [1.807, 2.05) is 4.90 Å². The van der Waals surface area contributed by atoms with Crippen LogP contribution < -0.4 is 14.4 Å². The van der Waals surface area contributed by atoms with Crippen molar-refractivity contribution in [2.24, 2.45) is 0 Å². The van der Waals surface area contributed by atoms with Gasteiger partial charge in [-0.2, -0.15) is 0 Å². The maximum atomic E-state index is 12.6. The number of amides is 2. The number of ether oxygens (including phenoxy) is 4. The van der Waals surface area contributed by atoms with Crippen LogP contribution in [-0.4, -0.2) is 69.6 Å². The maximum Gasteiger partial charge on any atom is 0.224 e. The quantitative estimate of drug-likeness (QED) is 0.735. The number of benzene rings is 1. The van der Waals surface area contributed by atoms with Gasteiger partial charge in [0.2, 0.25) is 11.8 Å². The molecule has 1 aromatic rings. The van der Waals surface area contributed by atoms with Crippen LogP contribution in [0.1, 0.15) is 26.2 Å². The van der Waals surface area contributed by atoms with Gasteiger partial charge in [0.05, 0.1) is 27.4 Å². The molecule has 1 spiro atoms. The molecule has 8 heteroatoms. The Balaban J connectivity index is 1.59. The van der Waals surface area contributed by atoms with Crippen molar-refractivity contribution in [2.75, 3.05) is 52.0 Å². The molecule has 2 fully saturated rings. The summed E-state index contributed by atoms with van der Waals surface area (Å²) in [5, 5.41) is 0. The third kappa shape index (κ3) is 4.39. The molecule has 0 bridgehead atoms. The molecule has 0 atom stereocenters. The number of hydrogen-bond donors (Lipinski definition) is 0. The van der Waals surface area contributed by atoms with Gasteiger partial charge in [-0.3, -0.25) is 9.59 Å². The minimum atomic E-state index is -0.498. The second kappa shape index (κ2) is 8.79. The number of carbonyl (C=O) groups excluding carboxylic acids is 2. The summed E-state index contributed by atoms with van der Waals surface area (Å²) < 4.78 is 22.0. The van der Waals surface area contributed by atoms with E-state index in [0.717, 1.165) is 0 Å². The first-order chi connectivity index (χ1) is 13.5. The topological polar surface area (TPSA) is 77.5 Å². The molecule has 2 aliphatic heterocycles. The summed E-state index contributed by atoms with van der Waals surface area (Å²) >= 11 is 0. The van der Waals surface area contributed by atoms with Crippen molar-refractivity contribution < 1.29 is 28.5 Å². The van der Waals surface area contributed by atoms with Crippen molar-refractivity contribution in [2.45, 2.75) is 32.0 Å². The highest BCUT2D eigenvalue weighted by Crippen LogP contribution is 2.33. The van der Waals surface area contributed by atoms with E-state index in [4.69, 9.17) is 18.9 Å². The monoisotopic (exact) mass is 392 g/mol. The lowest BCUT2D eigenvalue weighted by Crippen LogP contribution is -2.48. The van der Waals surface area contributed by atoms with Crippen LogP contribution in [0.25, 0.3) is 0 Å². The first-order valence-electron chi connectivity index (χ1n) is 9.54. The highest BCUT2D eigenvalue weighted by atomic mass is 16.7. The Labute approximate surface area is 165 Å². The number of piperidine rings is 1. The van der Waals surface area contributed by atoms with Crippen LogP contribution in [0, 0.1) is 0 Å². The number of anilines is 1. The molecule has 2 saturated heterocycles. The average Bonchev–Trinajstić information content (AvgIpc) is 3.16. The summed E-state index contributed by atoms with van der Waals surface area (Å²) in [4.78, 5) is 28.2. The fourth-order valence-corrected chi connectivity index (χ4v) is 3.71. The molecule has 0 unspecified atom stereocenters. The minimum absolute atomic E-state index is 0.0274. The van der Waals surface area contributed by atoms with E-state index in [0.29, 0.717) is 62.9 Å². The van der Waals surface area contributed by atoms with E-state index in [1.165, 1.54) is 6.92 Å². The molecule has 2 aliphatic rings. The van der Waals surface area contributed by atoms with Crippen molar-refractivity contribution in [1.82, 2.24) is 4.90 Å². The van der Waals surface area contributed by atoms with Crippen LogP contribution in [0.3, 0.4) is 0 Å². The summed E-state index contributed by atoms with van der Waals surface area (Å²) in [5.74, 6) is 0.520. The summed E-state index contributed by atoms with van der Waals surface area (Å²) in [6.45, 7) is 4.24. The van der Waals surface area contributed by atoms with E-state index in [-0.39, 0.29) is 18.2 Å². The molecular formula is C20H28N2O6. The molecule has 3 rings (SSSR count). The zero-order valence-electron chi connectivity index (χ0n) is 16.7. The van der Waals surface area contributed by atoms with E-state index < -0.39 is 5.79 Å². The van der Waals surface area contributed by atoms with Gasteiger partial charge in [-0.15, -0.1) is 0 Å². The van der Waals surface area contributed by atoms with Gasteiger partial charge >= 0.3 is 0 Å². The molecule has 0 radical (unpaired) electrons. The van der Waals surface area contributed by atoms with Crippen molar-refractivity contribution in [1.29, 1.82) is 0 Å². The normalized spacial score (nSPS) is 18.2. The lowest BCUT2D eigenvalue weighted by Gasteiger charge is -2.37. The van der Waals surface area contributed by atoms with Gasteiger partial charge in [0.15, 0.2) is 17.3 Å². The Morgan fingerprint density at radius 2 is 1.75 bits per heavy atom. The molecule has 8 nitrogen and oxygen atoms in total. The van der Waals surface area contributed by atoms with Gasteiger partial charge in [0, 0.05) is 57.6 Å². The van der Waals surface area contributed by atoms with E-state index in [2.05, 4.69) is 0 Å². The highest BCUT2D eigenvalue weighted by Gasteiger charge is 2.40. The number of nitrogens with zero attached hydrogens (tertiary/aromatic N) is 2. The summed E-state index contributed by atoms with van der Waals surface area (Å²) in [7, 11) is 3.10. The number of likely N-dealkylation sites (tertiary alicyclic amines) is 1. The van der Waals surface area contributed by atoms with Crippen molar-refractivity contribution in [3.63, 3.8) is 0 Å². The van der Waals surface area contributed by atoms with E-state index in [9.17, 15) is 9.59 Å². The standard InChI is InChI=1S/C20H28N2O6/c1-15(23)22(16-4-5-17(25-2)18(14-16)26-3)9-6-19(24)21-10-7-20(8-11-21)27-12-13-28-20/h4-5,14H,6-13H2,1-3H3. The Morgan fingerprint density at radius 3 is 2.32 bits per heavy atom. The molecule has 0 aliphatic carbocycles. The smallest absolute Gasteiger partial charge is 0.224 e. The molecule has 0 aromatic heterocycles. The molecule has 1 aromatic carbocycles. The molecule has 28 heavy (non-hydrogen) atoms. The first-order valence-corrected chi connectivity index (χ1v) is 9.54. The van der Waals surface area contributed by atoms with Gasteiger partial charge in [0.1, 0.15) is 0 Å². The Morgan fingerprint density at radius 1 is 1.11 bits per heavy atom. The van der Waals surface area contributed by atoms with Gasteiger partial charge in [-0.1, -0.05) is 0 Å². The van der Waals surface area contributed by atoms with Gasteiger partial charge in [0.25, 0.3) is 0 Å². The summed E-state index contributed by atoms with van der Waals surface area (Å²) in [6, 6.07) is 5.27. The van der Waals surface area contributed by atoms with Gasteiger partial charge in [-0.05, 0) is 12.1 Å². The second-order valence-corrected chi connectivity index (χ2v) is 6.95. The van der Waals surface area contributed by atoms with Crippen LogP contribution in [0.15, 0.2) is 18.2 Å². The lowest BCUT2D eigenvalue weighted by molar-refractivity contribution is -0.187. The summed E-state index contributed by atoms with van der Waals surface area (Å²) in [6.07, 6.45) is 1.62. The average molecular weight is 392 g/mol. The molecular weight excluding hydrogens is 364 g/mol. The maximum absolute atomic E-state index is 12.6. The van der Waals surface area contributed by atoms with Crippen LogP contribution in [0.5, 0.6) is 11.5 Å². The Bertz CT molecular complexity index is 707. The zero-order chi connectivity index (χ0) is 20.1. The third-order valence-corrected chi connectivity index (χ3v) is 5.30. The van der Waals surface area contributed by atoms with Gasteiger partial charge in [-0.25, -0.2) is 0 Å². The SMILES string of the molecule is COc1ccc(N(CCC(=O)N2CCC3(CC2)OCCO3)C(C)=O)cc1OC. The molecule has 154 valence electrons. The molecule has 0 saturated carbocycles. The molecule has 2 heterocycles. The van der Waals surface area contributed by atoms with Crippen LogP contribution in [0.4, 0.5) is 5.69 Å². The van der Waals surface area contributed by atoms with Gasteiger partial charge < -0.3 is 28.7 Å². The molecule has 0 N–H and O–H groups in total. The predicted molar refractivity (Wildman–Crippen MR) is 103 cm³/mol. The van der Waals surface area contributed by atoms with E-state index >= 15 is 0 Å². The largest absolute Gasteiger partial charge is 0.493 e.